The summed E-state index contributed by atoms with van der Waals surface area (Å²) in [5.74, 6) is -2.22. The second-order valence-corrected chi connectivity index (χ2v) is 4.67. The Labute approximate surface area is 120 Å². The lowest BCUT2D eigenvalue weighted by Crippen LogP contribution is -2.11. The first-order valence-corrected chi connectivity index (χ1v) is 6.28. The Morgan fingerprint density at radius 2 is 2.00 bits per heavy atom. The SMILES string of the molecule is Cc1cc(NCc2cc(F)ccc2F)c(C(=O)O)c(C)n1. The van der Waals surface area contributed by atoms with Gasteiger partial charge in [0.15, 0.2) is 0 Å². The molecule has 0 saturated carbocycles. The normalized spacial score (nSPS) is 10.5. The van der Waals surface area contributed by atoms with Crippen LogP contribution >= 0.6 is 0 Å². The monoisotopic (exact) mass is 292 g/mol. The van der Waals surface area contributed by atoms with E-state index in [1.54, 1.807) is 19.9 Å². The molecule has 0 fully saturated rings. The third-order valence-electron chi connectivity index (χ3n) is 3.02. The fourth-order valence-corrected chi connectivity index (χ4v) is 2.11. The summed E-state index contributed by atoms with van der Waals surface area (Å²) in [5.41, 5.74) is 1.48. The second kappa shape index (κ2) is 5.87. The fourth-order valence-electron chi connectivity index (χ4n) is 2.11. The average molecular weight is 292 g/mol. The Balaban J connectivity index is 2.31. The van der Waals surface area contributed by atoms with Crippen LogP contribution in [-0.4, -0.2) is 16.1 Å². The molecule has 0 radical (unpaired) electrons. The van der Waals surface area contributed by atoms with E-state index in [-0.39, 0.29) is 17.7 Å². The van der Waals surface area contributed by atoms with E-state index in [0.29, 0.717) is 17.1 Å². The second-order valence-electron chi connectivity index (χ2n) is 4.67. The van der Waals surface area contributed by atoms with Crippen molar-refractivity contribution in [2.24, 2.45) is 0 Å². The minimum absolute atomic E-state index is 0.0211. The minimum Gasteiger partial charge on any atom is -0.478 e. The minimum atomic E-state index is -1.12. The summed E-state index contributed by atoms with van der Waals surface area (Å²) in [6, 6.07) is 4.70. The van der Waals surface area contributed by atoms with Gasteiger partial charge < -0.3 is 10.4 Å². The quantitative estimate of drug-likeness (QED) is 0.907. The van der Waals surface area contributed by atoms with Crippen LogP contribution in [0.5, 0.6) is 0 Å². The van der Waals surface area contributed by atoms with Gasteiger partial charge in [0.05, 0.1) is 11.4 Å². The molecule has 21 heavy (non-hydrogen) atoms. The van der Waals surface area contributed by atoms with E-state index >= 15 is 0 Å². The van der Waals surface area contributed by atoms with E-state index in [9.17, 15) is 18.7 Å². The van der Waals surface area contributed by atoms with Crippen LogP contribution < -0.4 is 5.32 Å². The number of aromatic nitrogens is 1. The Morgan fingerprint density at radius 3 is 2.67 bits per heavy atom. The maximum atomic E-state index is 13.6. The molecule has 2 rings (SSSR count). The lowest BCUT2D eigenvalue weighted by molar-refractivity contribution is 0.0696. The van der Waals surface area contributed by atoms with Crippen LogP contribution in [0.4, 0.5) is 14.5 Å². The number of nitrogens with zero attached hydrogens (tertiary/aromatic N) is 1. The van der Waals surface area contributed by atoms with Gasteiger partial charge in [-0.25, -0.2) is 13.6 Å². The third kappa shape index (κ3) is 3.34. The Bertz CT molecular complexity index is 702. The number of rotatable bonds is 4. The summed E-state index contributed by atoms with van der Waals surface area (Å²) >= 11 is 0. The largest absolute Gasteiger partial charge is 0.478 e. The molecule has 2 aromatic rings. The molecule has 1 aromatic carbocycles. The molecule has 0 aliphatic rings. The third-order valence-corrected chi connectivity index (χ3v) is 3.02. The lowest BCUT2D eigenvalue weighted by atomic mass is 10.1. The van der Waals surface area contributed by atoms with Gasteiger partial charge in [-0.2, -0.15) is 0 Å². The number of nitrogens with one attached hydrogen (secondary N) is 1. The zero-order valence-corrected chi connectivity index (χ0v) is 11.6. The number of hydrogen-bond donors (Lipinski definition) is 2. The zero-order valence-electron chi connectivity index (χ0n) is 11.6. The van der Waals surface area contributed by atoms with Crippen molar-refractivity contribution >= 4 is 11.7 Å². The smallest absolute Gasteiger partial charge is 0.339 e. The van der Waals surface area contributed by atoms with E-state index in [1.807, 2.05) is 0 Å². The molecular formula is C15H14F2N2O2. The number of carboxylic acids is 1. The van der Waals surface area contributed by atoms with E-state index in [0.717, 1.165) is 18.2 Å². The first-order valence-electron chi connectivity index (χ1n) is 6.28. The van der Waals surface area contributed by atoms with E-state index < -0.39 is 17.6 Å². The maximum Gasteiger partial charge on any atom is 0.339 e. The molecule has 0 aliphatic carbocycles. The number of benzene rings is 1. The van der Waals surface area contributed by atoms with E-state index in [1.165, 1.54) is 0 Å². The Morgan fingerprint density at radius 1 is 1.29 bits per heavy atom. The Hall–Kier alpha value is -2.50. The van der Waals surface area contributed by atoms with Gasteiger partial charge in [-0.15, -0.1) is 0 Å². The van der Waals surface area contributed by atoms with Crippen molar-refractivity contribution in [2.75, 3.05) is 5.32 Å². The van der Waals surface area contributed by atoms with Crippen LogP contribution in [0.2, 0.25) is 0 Å². The maximum absolute atomic E-state index is 13.6. The Kier molecular flexibility index (Phi) is 4.16. The molecule has 1 aromatic heterocycles. The molecule has 0 unspecified atom stereocenters. The highest BCUT2D eigenvalue weighted by atomic mass is 19.1. The van der Waals surface area contributed by atoms with Crippen LogP contribution in [0.25, 0.3) is 0 Å². The van der Waals surface area contributed by atoms with Crippen molar-refractivity contribution in [1.29, 1.82) is 0 Å². The van der Waals surface area contributed by atoms with Gasteiger partial charge in [0, 0.05) is 17.8 Å². The van der Waals surface area contributed by atoms with Crippen LogP contribution in [0.3, 0.4) is 0 Å². The number of anilines is 1. The van der Waals surface area contributed by atoms with Gasteiger partial charge in [-0.1, -0.05) is 0 Å². The first kappa shape index (κ1) is 14.9. The number of aryl methyl sites for hydroxylation is 2. The van der Waals surface area contributed by atoms with Crippen LogP contribution in [-0.2, 0) is 6.54 Å². The summed E-state index contributed by atoms with van der Waals surface area (Å²) in [7, 11) is 0. The molecule has 4 nitrogen and oxygen atoms in total. The molecule has 0 saturated heterocycles. The van der Waals surface area contributed by atoms with Gasteiger partial charge in [-0.05, 0) is 38.1 Å². The summed E-state index contributed by atoms with van der Waals surface area (Å²) in [5, 5.41) is 12.1. The predicted octanol–water partition coefficient (Wildman–Crippen LogP) is 3.29. The summed E-state index contributed by atoms with van der Waals surface area (Å²) in [4.78, 5) is 15.4. The van der Waals surface area contributed by atoms with Crippen molar-refractivity contribution in [2.45, 2.75) is 20.4 Å². The molecule has 0 aliphatic heterocycles. The number of carboxylic acid groups (broad SMARTS) is 1. The highest BCUT2D eigenvalue weighted by Crippen LogP contribution is 2.21. The molecule has 0 atom stereocenters. The molecule has 6 heteroatoms. The number of halogens is 2. The van der Waals surface area contributed by atoms with Crippen molar-refractivity contribution in [3.05, 3.63) is 58.4 Å². The van der Waals surface area contributed by atoms with Crippen molar-refractivity contribution < 1.29 is 18.7 Å². The van der Waals surface area contributed by atoms with Crippen molar-refractivity contribution in [3.8, 4) is 0 Å². The molecule has 1 heterocycles. The van der Waals surface area contributed by atoms with Crippen LogP contribution in [0, 0.1) is 25.5 Å². The summed E-state index contributed by atoms with van der Waals surface area (Å²) in [6.07, 6.45) is 0. The molecule has 0 spiro atoms. The molecule has 2 N–H and O–H groups in total. The van der Waals surface area contributed by atoms with Gasteiger partial charge in [0.25, 0.3) is 0 Å². The van der Waals surface area contributed by atoms with E-state index in [2.05, 4.69) is 10.3 Å². The number of carbonyl (C=O) groups is 1. The first-order chi connectivity index (χ1) is 9.88. The highest BCUT2D eigenvalue weighted by Gasteiger charge is 2.15. The molecule has 110 valence electrons. The lowest BCUT2D eigenvalue weighted by Gasteiger charge is -2.13. The molecule has 0 amide bonds. The van der Waals surface area contributed by atoms with E-state index in [4.69, 9.17) is 0 Å². The van der Waals surface area contributed by atoms with Crippen LogP contribution in [0.1, 0.15) is 27.3 Å². The zero-order chi connectivity index (χ0) is 15.6. The summed E-state index contributed by atoms with van der Waals surface area (Å²) in [6.45, 7) is 3.30. The highest BCUT2D eigenvalue weighted by molar-refractivity contribution is 5.95. The number of pyridine rings is 1. The number of aromatic carboxylic acids is 1. The standard InChI is InChI=1S/C15H14F2N2O2/c1-8-5-13(14(15(20)21)9(2)19-8)18-7-10-6-11(16)3-4-12(10)17/h3-6H,7H2,1-2H3,(H,18,19)(H,20,21). The topological polar surface area (TPSA) is 62.2 Å². The predicted molar refractivity (Wildman–Crippen MR) is 74.4 cm³/mol. The number of hydrogen-bond acceptors (Lipinski definition) is 3. The average Bonchev–Trinajstić information content (AvgIpc) is 2.38. The fraction of sp³-hybridized carbons (Fsp3) is 0.200. The van der Waals surface area contributed by atoms with Gasteiger partial charge in [0.1, 0.15) is 17.2 Å². The molecular weight excluding hydrogens is 278 g/mol. The van der Waals surface area contributed by atoms with Gasteiger partial charge >= 0.3 is 5.97 Å². The van der Waals surface area contributed by atoms with Crippen molar-refractivity contribution in [3.63, 3.8) is 0 Å². The van der Waals surface area contributed by atoms with Crippen LogP contribution in [0.15, 0.2) is 24.3 Å². The molecule has 0 bridgehead atoms. The van der Waals surface area contributed by atoms with Gasteiger partial charge in [0.2, 0.25) is 0 Å². The van der Waals surface area contributed by atoms with Crippen molar-refractivity contribution in [1.82, 2.24) is 4.98 Å². The van der Waals surface area contributed by atoms with Gasteiger partial charge in [-0.3, -0.25) is 4.98 Å². The summed E-state index contributed by atoms with van der Waals surface area (Å²) < 4.78 is 26.7.